The molecule has 1 rings (SSSR count). The van der Waals surface area contributed by atoms with Gasteiger partial charge in [0.1, 0.15) is 11.6 Å². The molecule has 18 heavy (non-hydrogen) atoms. The van der Waals surface area contributed by atoms with E-state index in [1.54, 1.807) is 11.9 Å². The molecule has 0 unspecified atom stereocenters. The molecule has 0 saturated heterocycles. The molecule has 0 aromatic heterocycles. The Hall–Kier alpha value is -1.14. The van der Waals surface area contributed by atoms with Crippen LogP contribution in [0.25, 0.3) is 0 Å². The highest BCUT2D eigenvalue weighted by atomic mass is 79.9. The molecule has 0 aliphatic rings. The van der Waals surface area contributed by atoms with Crippen LogP contribution in [0.5, 0.6) is 5.75 Å². The summed E-state index contributed by atoms with van der Waals surface area (Å²) >= 11 is 3.18. The van der Waals surface area contributed by atoms with Gasteiger partial charge in [-0.3, -0.25) is 4.79 Å². The van der Waals surface area contributed by atoms with Gasteiger partial charge in [0.2, 0.25) is 0 Å². The Balaban J connectivity index is 2.47. The van der Waals surface area contributed by atoms with Crippen molar-refractivity contribution in [2.45, 2.75) is 0 Å². The Morgan fingerprint density at radius 2 is 2.28 bits per heavy atom. The van der Waals surface area contributed by atoms with E-state index in [1.807, 2.05) is 7.05 Å². The third-order valence-electron chi connectivity index (χ3n) is 2.37. The van der Waals surface area contributed by atoms with E-state index in [-0.39, 0.29) is 18.3 Å². The Morgan fingerprint density at radius 3 is 2.89 bits per heavy atom. The van der Waals surface area contributed by atoms with Gasteiger partial charge in [0, 0.05) is 20.1 Å². The minimum atomic E-state index is -0.355. The van der Waals surface area contributed by atoms with Crippen molar-refractivity contribution >= 4 is 21.8 Å². The highest BCUT2D eigenvalue weighted by Crippen LogP contribution is 2.25. The predicted molar refractivity (Wildman–Crippen MR) is 71.2 cm³/mol. The molecular weight excluding hydrogens is 303 g/mol. The highest BCUT2D eigenvalue weighted by Gasteiger charge is 2.10. The van der Waals surface area contributed by atoms with Gasteiger partial charge in [0.25, 0.3) is 5.91 Å². The lowest BCUT2D eigenvalue weighted by molar-refractivity contribution is -0.132. The highest BCUT2D eigenvalue weighted by molar-refractivity contribution is 9.10. The first kappa shape index (κ1) is 14.9. The number of hydrogen-bond donors (Lipinski definition) is 1. The molecule has 0 radical (unpaired) electrons. The molecule has 1 amide bonds. The number of amides is 1. The summed E-state index contributed by atoms with van der Waals surface area (Å²) in [5, 5.41) is 2.96. The first-order valence-corrected chi connectivity index (χ1v) is 6.30. The number of nitrogens with one attached hydrogen (secondary N) is 1. The maximum absolute atomic E-state index is 12.8. The topological polar surface area (TPSA) is 41.6 Å². The first-order valence-electron chi connectivity index (χ1n) is 5.51. The van der Waals surface area contributed by atoms with Crippen LogP contribution in [0.15, 0.2) is 22.7 Å². The van der Waals surface area contributed by atoms with E-state index in [9.17, 15) is 9.18 Å². The lowest BCUT2D eigenvalue weighted by Crippen LogP contribution is -2.35. The summed E-state index contributed by atoms with van der Waals surface area (Å²) < 4.78 is 18.7. The fraction of sp³-hybridized carbons (Fsp3) is 0.417. The van der Waals surface area contributed by atoms with Crippen molar-refractivity contribution in [2.24, 2.45) is 0 Å². The number of carbonyl (C=O) groups excluding carboxylic acids is 1. The van der Waals surface area contributed by atoms with Crippen LogP contribution in [0.4, 0.5) is 4.39 Å². The number of carbonyl (C=O) groups is 1. The smallest absolute Gasteiger partial charge is 0.260 e. The van der Waals surface area contributed by atoms with Crippen molar-refractivity contribution in [2.75, 3.05) is 33.8 Å². The van der Waals surface area contributed by atoms with Crippen LogP contribution in [-0.2, 0) is 4.79 Å². The molecule has 0 spiro atoms. The molecule has 1 aromatic rings. The van der Waals surface area contributed by atoms with Crippen molar-refractivity contribution in [3.8, 4) is 5.75 Å². The number of likely N-dealkylation sites (N-methyl/N-ethyl adjacent to an activating group) is 2. The lowest BCUT2D eigenvalue weighted by Gasteiger charge is -2.17. The maximum atomic E-state index is 12.8. The molecular formula is C12H16BrFN2O2. The van der Waals surface area contributed by atoms with Gasteiger partial charge in [-0.2, -0.15) is 0 Å². The summed E-state index contributed by atoms with van der Waals surface area (Å²) in [6.07, 6.45) is 0. The van der Waals surface area contributed by atoms with Crippen LogP contribution in [0.1, 0.15) is 0 Å². The Kier molecular flexibility index (Phi) is 6.07. The molecule has 0 aliphatic heterocycles. The monoisotopic (exact) mass is 318 g/mol. The summed E-state index contributed by atoms with van der Waals surface area (Å²) in [5.41, 5.74) is 0. The minimum absolute atomic E-state index is 0.0650. The lowest BCUT2D eigenvalue weighted by atomic mass is 10.3. The van der Waals surface area contributed by atoms with E-state index in [0.717, 1.165) is 6.54 Å². The number of benzene rings is 1. The summed E-state index contributed by atoms with van der Waals surface area (Å²) in [4.78, 5) is 13.3. The summed E-state index contributed by atoms with van der Waals surface area (Å²) in [5.74, 6) is -0.0278. The van der Waals surface area contributed by atoms with E-state index in [1.165, 1.54) is 18.2 Å². The van der Waals surface area contributed by atoms with Gasteiger partial charge >= 0.3 is 0 Å². The summed E-state index contributed by atoms with van der Waals surface area (Å²) in [6, 6.07) is 4.07. The zero-order valence-corrected chi connectivity index (χ0v) is 12.0. The molecule has 0 saturated carbocycles. The van der Waals surface area contributed by atoms with E-state index >= 15 is 0 Å². The molecule has 0 atom stereocenters. The van der Waals surface area contributed by atoms with Crippen LogP contribution in [-0.4, -0.2) is 44.6 Å². The van der Waals surface area contributed by atoms with Crippen LogP contribution < -0.4 is 10.1 Å². The number of ether oxygens (including phenoxy) is 1. The minimum Gasteiger partial charge on any atom is -0.483 e. The van der Waals surface area contributed by atoms with Gasteiger partial charge in [-0.05, 0) is 41.2 Å². The average molecular weight is 319 g/mol. The first-order chi connectivity index (χ1) is 8.54. The fourth-order valence-electron chi connectivity index (χ4n) is 1.25. The van der Waals surface area contributed by atoms with E-state index in [2.05, 4.69) is 21.2 Å². The number of rotatable bonds is 6. The van der Waals surface area contributed by atoms with Gasteiger partial charge in [-0.25, -0.2) is 4.39 Å². The zero-order valence-electron chi connectivity index (χ0n) is 10.4. The number of hydrogen-bond acceptors (Lipinski definition) is 3. The van der Waals surface area contributed by atoms with Crippen molar-refractivity contribution in [3.05, 3.63) is 28.5 Å². The average Bonchev–Trinajstić information content (AvgIpc) is 2.34. The quantitative estimate of drug-likeness (QED) is 0.867. The third kappa shape index (κ3) is 4.62. The molecule has 6 heteroatoms. The Bertz CT molecular complexity index is 415. The third-order valence-corrected chi connectivity index (χ3v) is 2.99. The Labute approximate surface area is 114 Å². The van der Waals surface area contributed by atoms with Crippen molar-refractivity contribution < 1.29 is 13.9 Å². The molecule has 0 aliphatic carbocycles. The largest absolute Gasteiger partial charge is 0.483 e. The van der Waals surface area contributed by atoms with Crippen molar-refractivity contribution in [1.29, 1.82) is 0 Å². The van der Waals surface area contributed by atoms with Crippen molar-refractivity contribution in [3.63, 3.8) is 0 Å². The fourth-order valence-corrected chi connectivity index (χ4v) is 1.71. The van der Waals surface area contributed by atoms with Crippen LogP contribution in [0, 0.1) is 5.82 Å². The molecule has 0 fully saturated rings. The van der Waals surface area contributed by atoms with Gasteiger partial charge in [-0.15, -0.1) is 0 Å². The van der Waals surface area contributed by atoms with Crippen LogP contribution >= 0.6 is 15.9 Å². The predicted octanol–water partition coefficient (Wildman–Crippen LogP) is 1.64. The second-order valence-corrected chi connectivity index (χ2v) is 4.64. The maximum Gasteiger partial charge on any atom is 0.260 e. The zero-order chi connectivity index (χ0) is 13.5. The number of halogens is 2. The molecule has 1 N–H and O–H groups in total. The van der Waals surface area contributed by atoms with E-state index in [4.69, 9.17) is 4.74 Å². The van der Waals surface area contributed by atoms with Crippen LogP contribution in [0.2, 0.25) is 0 Å². The molecule has 0 bridgehead atoms. The summed E-state index contributed by atoms with van der Waals surface area (Å²) in [6.45, 7) is 1.27. The summed E-state index contributed by atoms with van der Waals surface area (Å²) in [7, 11) is 3.53. The van der Waals surface area contributed by atoms with Gasteiger partial charge in [-0.1, -0.05) is 0 Å². The van der Waals surface area contributed by atoms with E-state index < -0.39 is 0 Å². The van der Waals surface area contributed by atoms with Gasteiger partial charge in [0.05, 0.1) is 4.47 Å². The normalized spacial score (nSPS) is 10.2. The van der Waals surface area contributed by atoms with Gasteiger partial charge < -0.3 is 15.0 Å². The Morgan fingerprint density at radius 1 is 1.56 bits per heavy atom. The van der Waals surface area contributed by atoms with Crippen LogP contribution in [0.3, 0.4) is 0 Å². The standard InChI is InChI=1S/C12H16BrFN2O2/c1-15-5-6-16(2)12(17)8-18-11-4-3-9(14)7-10(11)13/h3-4,7,15H,5-6,8H2,1-2H3. The molecule has 4 nitrogen and oxygen atoms in total. The SMILES string of the molecule is CNCCN(C)C(=O)COc1ccc(F)cc1Br. The van der Waals surface area contributed by atoms with Gasteiger partial charge in [0.15, 0.2) is 6.61 Å². The number of nitrogens with zero attached hydrogens (tertiary/aromatic N) is 1. The molecule has 1 aromatic carbocycles. The second kappa shape index (κ2) is 7.33. The molecule has 100 valence electrons. The van der Waals surface area contributed by atoms with E-state index in [0.29, 0.717) is 16.8 Å². The second-order valence-electron chi connectivity index (χ2n) is 3.78. The van der Waals surface area contributed by atoms with Crippen molar-refractivity contribution in [1.82, 2.24) is 10.2 Å². The molecule has 0 heterocycles.